The summed E-state index contributed by atoms with van der Waals surface area (Å²) >= 11 is 0. The molecule has 0 saturated heterocycles. The molecule has 0 bridgehead atoms. The van der Waals surface area contributed by atoms with Crippen LogP contribution < -0.4 is 20.3 Å². The second-order valence-electron chi connectivity index (χ2n) is 8.31. The van der Waals surface area contributed by atoms with E-state index in [0.29, 0.717) is 56.1 Å². The van der Waals surface area contributed by atoms with E-state index in [-0.39, 0.29) is 11.9 Å². The van der Waals surface area contributed by atoms with Crippen LogP contribution in [0.3, 0.4) is 0 Å². The van der Waals surface area contributed by atoms with Crippen LogP contribution in [-0.2, 0) is 20.8 Å². The lowest BCUT2D eigenvalue weighted by Crippen LogP contribution is -2.46. The van der Waals surface area contributed by atoms with Gasteiger partial charge in [-0.05, 0) is 48.5 Å². The van der Waals surface area contributed by atoms with E-state index in [4.69, 9.17) is 19.2 Å². The molecule has 3 aromatic rings. The Morgan fingerprint density at radius 2 is 1.87 bits per heavy atom. The Labute approximate surface area is 221 Å². The fourth-order valence-corrected chi connectivity index (χ4v) is 3.80. The first kappa shape index (κ1) is 26.6. The van der Waals surface area contributed by atoms with Gasteiger partial charge in [0.1, 0.15) is 12.4 Å². The van der Waals surface area contributed by atoms with Crippen LogP contribution in [0.25, 0.3) is 0 Å². The van der Waals surface area contributed by atoms with E-state index < -0.39 is 0 Å². The Morgan fingerprint density at radius 3 is 2.61 bits per heavy atom. The van der Waals surface area contributed by atoms with E-state index in [1.54, 1.807) is 49.6 Å². The van der Waals surface area contributed by atoms with Crippen molar-refractivity contribution in [3.63, 3.8) is 0 Å². The van der Waals surface area contributed by atoms with Crippen molar-refractivity contribution in [1.29, 1.82) is 0 Å². The monoisotopic (exact) mass is 518 g/mol. The van der Waals surface area contributed by atoms with Crippen LogP contribution in [0.15, 0.2) is 67.4 Å². The average Bonchev–Trinajstić information content (AvgIpc) is 2.93. The van der Waals surface area contributed by atoms with Gasteiger partial charge in [-0.15, -0.1) is 0 Å². The average molecular weight is 519 g/mol. The molecule has 0 saturated carbocycles. The minimum atomic E-state index is -0.349. The molecular weight excluding hydrogens is 488 g/mol. The van der Waals surface area contributed by atoms with Crippen molar-refractivity contribution >= 4 is 40.8 Å². The summed E-state index contributed by atoms with van der Waals surface area (Å²) in [6, 6.07) is 14.1. The maximum absolute atomic E-state index is 13.6. The second-order valence-corrected chi connectivity index (χ2v) is 8.31. The molecule has 1 aliphatic heterocycles. The summed E-state index contributed by atoms with van der Waals surface area (Å²) in [5.41, 5.74) is 2.60. The van der Waals surface area contributed by atoms with Gasteiger partial charge in [0.05, 0.1) is 25.4 Å². The van der Waals surface area contributed by atoms with Crippen molar-refractivity contribution in [3.8, 4) is 5.75 Å². The number of urea groups is 1. The number of rotatable bonds is 12. The van der Waals surface area contributed by atoms with Crippen LogP contribution in [0, 0.1) is 0 Å². The minimum Gasteiger partial charge on any atom is -0.491 e. The third-order valence-corrected chi connectivity index (χ3v) is 5.67. The predicted molar refractivity (Wildman–Crippen MR) is 144 cm³/mol. The molecule has 38 heavy (non-hydrogen) atoms. The molecule has 0 atom stereocenters. The van der Waals surface area contributed by atoms with Crippen LogP contribution in [0.5, 0.6) is 5.75 Å². The van der Waals surface area contributed by atoms with E-state index in [1.165, 1.54) is 11.0 Å². The quantitative estimate of drug-likeness (QED) is 0.272. The molecule has 1 aliphatic rings. The molecule has 1 aromatic heterocycles. The van der Waals surface area contributed by atoms with Crippen LogP contribution in [-0.4, -0.2) is 67.4 Å². The standard InChI is InChI=1S/C27H30N6O5/c1-4-24(34)29-21-6-5-7-22(16-21)33-25-19(18-32(27(33)35)12-13-36-2)17-28-26(31-25)30-20-8-10-23(11-9-20)38-15-14-37-3/h4-11,16-17H,1,12-15,18H2,2-3H3,(H,29,34)(H,28,30,31). The van der Waals surface area contributed by atoms with Gasteiger partial charge in [-0.2, -0.15) is 4.98 Å². The molecule has 11 heteroatoms. The molecule has 0 radical (unpaired) electrons. The minimum absolute atomic E-state index is 0.260. The molecule has 0 fully saturated rings. The normalized spacial score (nSPS) is 12.6. The first-order valence-corrected chi connectivity index (χ1v) is 12.0. The number of aromatic nitrogens is 2. The highest BCUT2D eigenvalue weighted by Gasteiger charge is 2.33. The molecule has 3 amide bonds. The van der Waals surface area contributed by atoms with Crippen LogP contribution >= 0.6 is 0 Å². The lowest BCUT2D eigenvalue weighted by molar-refractivity contribution is -0.111. The summed E-state index contributed by atoms with van der Waals surface area (Å²) < 4.78 is 15.8. The van der Waals surface area contributed by atoms with Gasteiger partial charge in [0.15, 0.2) is 5.82 Å². The number of anilines is 5. The molecule has 0 spiro atoms. The van der Waals surface area contributed by atoms with E-state index >= 15 is 0 Å². The van der Waals surface area contributed by atoms with Crippen molar-refractivity contribution < 1.29 is 23.8 Å². The summed E-state index contributed by atoms with van der Waals surface area (Å²) in [6.07, 6.45) is 2.89. The molecular formula is C27H30N6O5. The Bertz CT molecular complexity index is 1280. The number of hydrogen-bond acceptors (Lipinski definition) is 8. The van der Waals surface area contributed by atoms with Gasteiger partial charge in [-0.1, -0.05) is 12.6 Å². The van der Waals surface area contributed by atoms with Gasteiger partial charge < -0.3 is 29.7 Å². The molecule has 2 N–H and O–H groups in total. The lowest BCUT2D eigenvalue weighted by atomic mass is 10.1. The number of carbonyl (C=O) groups excluding carboxylic acids is 2. The number of benzene rings is 2. The number of methoxy groups -OCH3 is 2. The number of carbonyl (C=O) groups is 2. The Hall–Kier alpha value is -4.48. The molecule has 11 nitrogen and oxygen atoms in total. The van der Waals surface area contributed by atoms with Gasteiger partial charge in [-0.3, -0.25) is 4.79 Å². The first-order valence-electron chi connectivity index (χ1n) is 12.0. The first-order chi connectivity index (χ1) is 18.5. The van der Waals surface area contributed by atoms with Crippen LogP contribution in [0.1, 0.15) is 5.56 Å². The fraction of sp³-hybridized carbons (Fsp3) is 0.259. The van der Waals surface area contributed by atoms with E-state index in [1.807, 2.05) is 24.3 Å². The summed E-state index contributed by atoms with van der Waals surface area (Å²) in [5.74, 6) is 1.15. The molecule has 2 heterocycles. The highest BCUT2D eigenvalue weighted by Crippen LogP contribution is 2.35. The highest BCUT2D eigenvalue weighted by atomic mass is 16.5. The smallest absolute Gasteiger partial charge is 0.330 e. The zero-order valence-electron chi connectivity index (χ0n) is 21.3. The number of amides is 3. The Kier molecular flexibility index (Phi) is 8.85. The van der Waals surface area contributed by atoms with Crippen molar-refractivity contribution in [2.45, 2.75) is 6.54 Å². The van der Waals surface area contributed by atoms with Gasteiger partial charge >= 0.3 is 6.03 Å². The SMILES string of the molecule is C=CC(=O)Nc1cccc(N2C(=O)N(CCOC)Cc3cnc(Nc4ccc(OCCOC)cc4)nc32)c1. The Balaban J connectivity index is 1.63. The molecule has 0 aliphatic carbocycles. The number of hydrogen-bond donors (Lipinski definition) is 2. The summed E-state index contributed by atoms with van der Waals surface area (Å²) in [6.45, 7) is 5.57. The largest absolute Gasteiger partial charge is 0.491 e. The van der Waals surface area contributed by atoms with Crippen molar-refractivity contribution in [2.24, 2.45) is 0 Å². The van der Waals surface area contributed by atoms with Gasteiger partial charge in [0.2, 0.25) is 11.9 Å². The summed E-state index contributed by atoms with van der Waals surface area (Å²) in [5, 5.41) is 5.91. The van der Waals surface area contributed by atoms with Gasteiger partial charge in [0, 0.05) is 43.9 Å². The molecule has 0 unspecified atom stereocenters. The third kappa shape index (κ3) is 6.44. The van der Waals surface area contributed by atoms with Gasteiger partial charge in [-0.25, -0.2) is 14.7 Å². The molecule has 198 valence electrons. The summed E-state index contributed by atoms with van der Waals surface area (Å²) in [4.78, 5) is 37.8. The van der Waals surface area contributed by atoms with Crippen LogP contribution in [0.4, 0.5) is 33.6 Å². The van der Waals surface area contributed by atoms with E-state index in [2.05, 4.69) is 22.2 Å². The third-order valence-electron chi connectivity index (χ3n) is 5.67. The number of ether oxygens (including phenoxy) is 3. The van der Waals surface area contributed by atoms with Crippen molar-refractivity contribution in [2.75, 3.05) is 56.1 Å². The fourth-order valence-electron chi connectivity index (χ4n) is 3.80. The van der Waals surface area contributed by atoms with E-state index in [0.717, 1.165) is 17.0 Å². The van der Waals surface area contributed by atoms with E-state index in [9.17, 15) is 9.59 Å². The second kappa shape index (κ2) is 12.7. The summed E-state index contributed by atoms with van der Waals surface area (Å²) in [7, 11) is 3.21. The maximum Gasteiger partial charge on any atom is 0.330 e. The van der Waals surface area contributed by atoms with Gasteiger partial charge in [0.25, 0.3) is 0 Å². The highest BCUT2D eigenvalue weighted by molar-refractivity contribution is 6.03. The lowest BCUT2D eigenvalue weighted by Gasteiger charge is -2.36. The molecule has 2 aromatic carbocycles. The maximum atomic E-state index is 13.6. The van der Waals surface area contributed by atoms with Crippen molar-refractivity contribution in [3.05, 3.63) is 72.9 Å². The number of nitrogens with one attached hydrogen (secondary N) is 2. The van der Waals surface area contributed by atoms with Crippen LogP contribution in [0.2, 0.25) is 0 Å². The zero-order valence-corrected chi connectivity index (χ0v) is 21.3. The number of nitrogens with zero attached hydrogens (tertiary/aromatic N) is 4. The van der Waals surface area contributed by atoms with Crippen molar-refractivity contribution in [1.82, 2.24) is 14.9 Å². The zero-order chi connectivity index (χ0) is 26.9. The predicted octanol–water partition coefficient (Wildman–Crippen LogP) is 4.09. The topological polar surface area (TPSA) is 118 Å². The number of fused-ring (bicyclic) bond motifs is 1. The molecule has 4 rings (SSSR count). The Morgan fingerprint density at radius 1 is 1.08 bits per heavy atom.